The molecule has 2 fully saturated rings. The minimum atomic E-state index is -1.16. The number of thiazole rings is 5. The van der Waals surface area contributed by atoms with Crippen LogP contribution in [0.1, 0.15) is 149 Å². The van der Waals surface area contributed by atoms with Crippen LogP contribution < -0.4 is 47.4 Å². The van der Waals surface area contributed by atoms with Gasteiger partial charge in [0.2, 0.25) is 0 Å². The molecule has 2 aliphatic rings. The lowest BCUT2D eigenvalue weighted by Crippen LogP contribution is -2.42. The predicted octanol–water partition coefficient (Wildman–Crippen LogP) is 18.6. The quantitative estimate of drug-likeness (QED) is 0.0267. The molecule has 1 saturated heterocycles. The highest BCUT2D eigenvalue weighted by molar-refractivity contribution is 7.24. The van der Waals surface area contributed by atoms with Gasteiger partial charge in [-0.1, -0.05) is 82.8 Å². The SMILES string of the molecule is CCNC(=O)Nc1nc2cc(-c3cnc(C(C)(C)O)nc3)cc(-c3ccc(CC(=O)O)cn3)c2s1.CCNC(=O)Nc1nc2cc(-c3cnc(C(C)(C)O)nc3)cc(-c3ccc(N4CCC(C)(C(=O)O)CC4)cn3)c2s1.CCNC(=O)Nc1nc2cc(-c3cnc(C(C)(C)O)s3)cc(-c3ccccn3)c2s1.CCNC(=O)Nc1nc2cc(-c3cnc(C4(O)CCCCC4)nc3)cc(-c3ccccn3)c2s1. The van der Waals surface area contributed by atoms with E-state index in [0.29, 0.717) is 130 Å². The summed E-state index contributed by atoms with van der Waals surface area (Å²) in [5.41, 5.74) is 11.6. The largest absolute Gasteiger partial charge is 0.481 e. The second-order valence-electron chi connectivity index (χ2n) is 35.0. The van der Waals surface area contributed by atoms with Gasteiger partial charge in [0.05, 0.1) is 92.2 Å². The van der Waals surface area contributed by atoms with Crippen LogP contribution in [0.5, 0.6) is 0 Å². The Kier molecular flexibility index (Phi) is 30.9. The number of carbonyl (C=O) groups is 6. The van der Waals surface area contributed by atoms with Gasteiger partial charge in [0.15, 0.2) is 38.0 Å². The van der Waals surface area contributed by atoms with Crippen LogP contribution in [0, 0.1) is 5.41 Å². The first-order chi connectivity index (χ1) is 67.0. The molecule has 1 aliphatic carbocycles. The van der Waals surface area contributed by atoms with Gasteiger partial charge < -0.3 is 56.8 Å². The molecule has 1 saturated carbocycles. The maximum Gasteiger partial charge on any atom is 0.321 e. The van der Waals surface area contributed by atoms with Crippen molar-refractivity contribution in [3.8, 4) is 88.9 Å². The molecule has 8 amide bonds. The number of piperidine rings is 1. The number of aliphatic carboxylic acids is 2. The van der Waals surface area contributed by atoms with Crippen molar-refractivity contribution in [2.24, 2.45) is 5.41 Å². The molecule has 0 unspecified atom stereocenters. The maximum absolute atomic E-state index is 12.2. The van der Waals surface area contributed by atoms with E-state index in [4.69, 9.17) is 10.1 Å². The molecule has 0 bridgehead atoms. The third-order valence-corrected chi connectivity index (χ3v) is 28.2. The Balaban J connectivity index is 0.000000142. The number of nitrogens with one attached hydrogen (secondary N) is 8. The first-order valence-corrected chi connectivity index (χ1v) is 49.4. The highest BCUT2D eigenvalue weighted by atomic mass is 32.1. The molecule has 0 atom stereocenters. The molecule has 18 rings (SSSR count). The van der Waals surface area contributed by atoms with Crippen LogP contribution in [0.3, 0.4) is 0 Å². The van der Waals surface area contributed by atoms with Gasteiger partial charge in [-0.25, -0.2) is 74.0 Å². The molecule has 1 aliphatic heterocycles. The molecule has 36 nitrogen and oxygen atoms in total. The Labute approximate surface area is 824 Å². The lowest BCUT2D eigenvalue weighted by molar-refractivity contribution is -0.149. The summed E-state index contributed by atoms with van der Waals surface area (Å²) in [6.45, 7) is 22.5. The highest BCUT2D eigenvalue weighted by Crippen LogP contribution is 2.46. The van der Waals surface area contributed by atoms with Crippen molar-refractivity contribution in [2.75, 3.05) is 65.4 Å². The standard InChI is InChI=1S/C29H33N7O4S.C25H26N6O2S.C24H24N6O4S.C21H21N5O2S2/c1-5-30-26(39)35-27-34-22-13-17(18-14-32-24(33-15-18)28(2,3)40)12-20(23(22)41-27)21-7-6-19(16-31-21)36-10-8-29(4,9-11-36)25(37)38;1-2-26-23(32)31-24-30-20-13-16(12-18(21(20)34-24)19-8-4-7-11-27-19)17-14-28-22(29-15-17)25(33)9-5-3-6-10-25;1-4-25-22(33)30-23-29-18-9-14(15-11-27-21(28-12-15)24(2,3)34)8-16(20(18)35-23)17-6-5-13(10-26-17)7-19(31)32;1-4-22-19(27)26-20-25-15-10-12(16-11-24-18(29-16)21(2,3)28)9-13(17(15)30-20)14-7-5-6-8-23-14/h6-7,12-16,40H,5,8-11H2,1-4H3,(H,37,38)(H2,30,34,35,39);4,7-8,11-15,33H,2-3,5-6,9-10H2,1H3,(H2,26,30,31,32);5-6,8-12,34H,4,7H2,1-3H3,(H,31,32)(H2,25,29,30,33);5-11,28H,4H2,1-3H3,(H2,22,25,26,27). The molecule has 0 spiro atoms. The summed E-state index contributed by atoms with van der Waals surface area (Å²) in [5.74, 6) is -0.560. The topological polar surface area (TPSA) is 517 Å². The van der Waals surface area contributed by atoms with Crippen molar-refractivity contribution in [2.45, 2.75) is 150 Å². The normalized spacial score (nSPS) is 13.5. The molecule has 14 N–H and O–H groups in total. The zero-order valence-electron chi connectivity index (χ0n) is 78.5. The number of fused-ring (bicyclic) bond motifs is 4. The van der Waals surface area contributed by atoms with Gasteiger partial charge in [0.25, 0.3) is 0 Å². The Bertz CT molecular complexity index is 7140. The van der Waals surface area contributed by atoms with E-state index < -0.39 is 39.8 Å². The van der Waals surface area contributed by atoms with Gasteiger partial charge in [-0.3, -0.25) is 50.8 Å². The predicted molar refractivity (Wildman–Crippen MR) is 548 cm³/mol. The van der Waals surface area contributed by atoms with Crippen LogP contribution in [0.4, 0.5) is 45.4 Å². The molecule has 0 radical (unpaired) electrons. The lowest BCUT2D eigenvalue weighted by Gasteiger charge is -2.37. The summed E-state index contributed by atoms with van der Waals surface area (Å²) >= 11 is 6.94. The van der Waals surface area contributed by atoms with Gasteiger partial charge in [0.1, 0.15) is 27.4 Å². The van der Waals surface area contributed by atoms with Crippen molar-refractivity contribution in [1.82, 2.24) is 96.0 Å². The van der Waals surface area contributed by atoms with Gasteiger partial charge in [-0.2, -0.15) is 0 Å². The number of hydrogen-bond donors (Lipinski definition) is 14. The van der Waals surface area contributed by atoms with Crippen molar-refractivity contribution < 1.29 is 59.4 Å². The van der Waals surface area contributed by atoms with Gasteiger partial charge in [-0.05, 0) is 221 Å². The molecule has 4 aromatic carbocycles. The summed E-state index contributed by atoms with van der Waals surface area (Å²) in [4.78, 5) is 141. The number of nitrogens with zero attached hydrogens (tertiary/aromatic N) is 16. The van der Waals surface area contributed by atoms with Crippen molar-refractivity contribution in [3.63, 3.8) is 0 Å². The average molecular weight is 1980 g/mol. The number of carboxylic acids is 2. The van der Waals surface area contributed by atoms with Crippen LogP contribution in [-0.4, -0.2) is 181 Å². The third-order valence-electron chi connectivity index (χ3n) is 22.8. The first kappa shape index (κ1) is 100. The van der Waals surface area contributed by atoms with Crippen LogP contribution in [0.25, 0.3) is 130 Å². The van der Waals surface area contributed by atoms with Crippen molar-refractivity contribution >= 4 is 160 Å². The minimum absolute atomic E-state index is 0.116. The van der Waals surface area contributed by atoms with E-state index in [1.54, 1.807) is 116 Å². The molecule has 41 heteroatoms. The summed E-state index contributed by atoms with van der Waals surface area (Å²) < 4.78 is 3.55. The Morgan fingerprint density at radius 3 is 1.09 bits per heavy atom. The van der Waals surface area contributed by atoms with E-state index in [9.17, 15) is 54.3 Å². The fourth-order valence-corrected chi connectivity index (χ4v) is 20.2. The first-order valence-electron chi connectivity index (χ1n) is 45.3. The number of hydrogen-bond acceptors (Lipinski definition) is 31. The number of benzene rings is 4. The number of rotatable bonds is 24. The monoisotopic (exact) mass is 1980 g/mol. The Morgan fingerprint density at radius 1 is 0.393 bits per heavy atom. The lowest BCUT2D eigenvalue weighted by atomic mass is 9.80. The van der Waals surface area contributed by atoms with E-state index in [0.717, 1.165) is 138 Å². The number of aromatic nitrogens is 15. The number of anilines is 5. The Hall–Kier alpha value is -14.4. The molecule has 722 valence electrons. The highest BCUT2D eigenvalue weighted by Gasteiger charge is 2.38. The zero-order valence-corrected chi connectivity index (χ0v) is 82.6. The summed E-state index contributed by atoms with van der Waals surface area (Å²) in [6.07, 6.45) is 24.3. The van der Waals surface area contributed by atoms with Crippen LogP contribution in [-0.2, 0) is 38.4 Å². The maximum atomic E-state index is 12.2. The minimum Gasteiger partial charge on any atom is -0.481 e. The van der Waals surface area contributed by atoms with E-state index in [-0.39, 0.29) is 30.5 Å². The number of carboxylic acid groups (broad SMARTS) is 2. The van der Waals surface area contributed by atoms with Crippen LogP contribution in [0.15, 0.2) is 177 Å². The number of urea groups is 4. The number of amides is 8. The van der Waals surface area contributed by atoms with Gasteiger partial charge >= 0.3 is 36.1 Å². The van der Waals surface area contributed by atoms with E-state index >= 15 is 0 Å². The number of aliphatic hydroxyl groups is 4. The number of carbonyl (C=O) groups excluding carboxylic acids is 4. The Morgan fingerprint density at radius 2 is 0.764 bits per heavy atom. The van der Waals surface area contributed by atoms with E-state index in [2.05, 4.69) is 123 Å². The summed E-state index contributed by atoms with van der Waals surface area (Å²) in [5, 5.41) is 84.8. The smallest absolute Gasteiger partial charge is 0.321 e. The third kappa shape index (κ3) is 24.3. The van der Waals surface area contributed by atoms with Gasteiger partial charge in [0, 0.05) is 140 Å². The number of pyridine rings is 4. The van der Waals surface area contributed by atoms with Gasteiger partial charge in [-0.15, -0.1) is 11.3 Å². The van der Waals surface area contributed by atoms with E-state index in [1.165, 1.54) is 62.9 Å². The van der Waals surface area contributed by atoms with Crippen LogP contribution >= 0.6 is 56.7 Å². The molecule has 140 heavy (non-hydrogen) atoms. The second-order valence-corrected chi connectivity index (χ2v) is 40.0. The van der Waals surface area contributed by atoms with Crippen molar-refractivity contribution in [3.05, 3.63) is 205 Å². The molecule has 16 aromatic rings. The molecule has 12 aromatic heterocycles. The molecule has 13 heterocycles. The van der Waals surface area contributed by atoms with Crippen LogP contribution in [0.2, 0.25) is 0 Å². The average Bonchev–Trinajstić information content (AvgIpc) is 1.62. The molecular formula is C99H104N24O12S5. The summed E-state index contributed by atoms with van der Waals surface area (Å²) in [6, 6.07) is 33.5. The fourth-order valence-electron chi connectivity index (χ4n) is 15.4. The van der Waals surface area contributed by atoms with Crippen molar-refractivity contribution in [1.29, 1.82) is 0 Å². The van der Waals surface area contributed by atoms with E-state index in [1.807, 2.05) is 125 Å². The fraction of sp³-hybridized carbons (Fsp3) is 0.303. The zero-order chi connectivity index (χ0) is 99.4. The second kappa shape index (κ2) is 43.3. The summed E-state index contributed by atoms with van der Waals surface area (Å²) in [7, 11) is 0. The molecular weight excluding hydrogens is 1880 g/mol.